The van der Waals surface area contributed by atoms with E-state index in [9.17, 15) is 14.7 Å². The molecule has 6 heteroatoms. The van der Waals surface area contributed by atoms with Crippen molar-refractivity contribution in [3.63, 3.8) is 0 Å². The summed E-state index contributed by atoms with van der Waals surface area (Å²) in [7, 11) is 0. The van der Waals surface area contributed by atoms with Crippen molar-refractivity contribution in [3.8, 4) is 0 Å². The van der Waals surface area contributed by atoms with Crippen LogP contribution in [0.5, 0.6) is 0 Å². The summed E-state index contributed by atoms with van der Waals surface area (Å²) < 4.78 is 11.6. The number of amides is 1. The fourth-order valence-electron chi connectivity index (χ4n) is 4.40. The van der Waals surface area contributed by atoms with Gasteiger partial charge in [-0.1, -0.05) is 18.2 Å². The molecule has 1 aromatic carbocycles. The Balaban J connectivity index is 1.38. The summed E-state index contributed by atoms with van der Waals surface area (Å²) in [5, 5.41) is 10.4. The lowest BCUT2D eigenvalue weighted by atomic mass is 9.84. The van der Waals surface area contributed by atoms with Gasteiger partial charge in [0.05, 0.1) is 17.9 Å². The molecule has 2 fully saturated rings. The monoisotopic (exact) mass is 371 g/mol. The zero-order chi connectivity index (χ0) is 19.0. The third-order valence-electron chi connectivity index (χ3n) is 6.01. The van der Waals surface area contributed by atoms with Crippen molar-refractivity contribution in [2.45, 2.75) is 38.2 Å². The van der Waals surface area contributed by atoms with Gasteiger partial charge in [0.25, 0.3) is 0 Å². The Hall–Kier alpha value is -2.34. The van der Waals surface area contributed by atoms with E-state index in [-0.39, 0.29) is 23.8 Å². The minimum absolute atomic E-state index is 0.0645. The van der Waals surface area contributed by atoms with E-state index in [1.165, 1.54) is 0 Å². The number of carbonyl (C=O) groups is 2. The van der Waals surface area contributed by atoms with Crippen LogP contribution >= 0.6 is 0 Å². The average molecular weight is 371 g/mol. The highest BCUT2D eigenvalue weighted by atomic mass is 16.5. The molecule has 6 nitrogen and oxygen atoms in total. The lowest BCUT2D eigenvalue weighted by molar-refractivity contribution is -0.146. The Kier molecular flexibility index (Phi) is 4.91. The molecule has 0 aliphatic carbocycles. The van der Waals surface area contributed by atoms with Crippen molar-refractivity contribution in [1.82, 2.24) is 4.90 Å². The Morgan fingerprint density at radius 1 is 1.19 bits per heavy atom. The number of piperidine rings is 1. The summed E-state index contributed by atoms with van der Waals surface area (Å²) in [5.74, 6) is -0.549. The van der Waals surface area contributed by atoms with Gasteiger partial charge in [-0.25, -0.2) is 0 Å². The summed E-state index contributed by atoms with van der Waals surface area (Å²) in [4.78, 5) is 26.2. The average Bonchev–Trinajstić information content (AvgIpc) is 3.34. The molecule has 1 amide bonds. The van der Waals surface area contributed by atoms with Gasteiger partial charge in [0, 0.05) is 25.1 Å². The summed E-state index contributed by atoms with van der Waals surface area (Å²) in [5.41, 5.74) is 0.795. The standard InChI is InChI=1S/C21H25NO5/c1-13(18-12-15-4-2-3-5-17(15)27-18)20(23)22-9-6-14(7-10-22)19-16(21(24)25)8-11-26-19/h2-5,12-14,16,19H,6-11H2,1H3,(H,24,25)/t13?,16?,19-/m0/s1. The topological polar surface area (TPSA) is 80.0 Å². The quantitative estimate of drug-likeness (QED) is 0.892. The Morgan fingerprint density at radius 2 is 1.93 bits per heavy atom. The van der Waals surface area contributed by atoms with Crippen LogP contribution in [0.15, 0.2) is 34.7 Å². The molecule has 2 aliphatic rings. The number of para-hydroxylation sites is 1. The van der Waals surface area contributed by atoms with E-state index in [1.54, 1.807) is 0 Å². The molecular weight excluding hydrogens is 346 g/mol. The molecule has 4 rings (SSSR count). The van der Waals surface area contributed by atoms with Crippen molar-refractivity contribution in [2.75, 3.05) is 19.7 Å². The number of rotatable bonds is 4. The molecule has 2 aliphatic heterocycles. The van der Waals surface area contributed by atoms with Crippen molar-refractivity contribution in [1.29, 1.82) is 0 Å². The number of nitrogens with zero attached hydrogens (tertiary/aromatic N) is 1. The van der Waals surface area contributed by atoms with Gasteiger partial charge < -0.3 is 19.2 Å². The molecule has 0 bridgehead atoms. The van der Waals surface area contributed by atoms with Crippen LogP contribution in [0.3, 0.4) is 0 Å². The molecular formula is C21H25NO5. The highest BCUT2D eigenvalue weighted by Crippen LogP contribution is 2.34. The van der Waals surface area contributed by atoms with Crippen LogP contribution in [0, 0.1) is 11.8 Å². The third-order valence-corrected chi connectivity index (χ3v) is 6.01. The summed E-state index contributed by atoms with van der Waals surface area (Å²) in [6, 6.07) is 9.69. The van der Waals surface area contributed by atoms with Crippen LogP contribution in [0.2, 0.25) is 0 Å². The number of carboxylic acids is 1. The minimum Gasteiger partial charge on any atom is -0.481 e. The summed E-state index contributed by atoms with van der Waals surface area (Å²) in [6.07, 6.45) is 1.94. The fourth-order valence-corrected chi connectivity index (χ4v) is 4.40. The Bertz CT molecular complexity index is 803. The van der Waals surface area contributed by atoms with Gasteiger partial charge in [0.15, 0.2) is 0 Å². The number of aliphatic carboxylic acids is 1. The second-order valence-electron chi connectivity index (χ2n) is 7.64. The van der Waals surface area contributed by atoms with Gasteiger partial charge in [-0.05, 0) is 44.2 Å². The number of carbonyl (C=O) groups excluding carboxylic acids is 1. The lowest BCUT2D eigenvalue weighted by Crippen LogP contribution is -2.44. The van der Waals surface area contributed by atoms with E-state index in [0.29, 0.717) is 31.9 Å². The van der Waals surface area contributed by atoms with Crippen LogP contribution < -0.4 is 0 Å². The molecule has 27 heavy (non-hydrogen) atoms. The van der Waals surface area contributed by atoms with E-state index >= 15 is 0 Å². The number of benzene rings is 1. The van der Waals surface area contributed by atoms with E-state index in [1.807, 2.05) is 42.2 Å². The predicted octanol–water partition coefficient (Wildman–Crippen LogP) is 3.26. The number of furan rings is 1. The largest absolute Gasteiger partial charge is 0.481 e. The first kappa shape index (κ1) is 18.0. The minimum atomic E-state index is -0.769. The first-order chi connectivity index (χ1) is 13.0. The first-order valence-electron chi connectivity index (χ1n) is 9.66. The molecule has 2 unspecified atom stereocenters. The molecule has 144 valence electrons. The zero-order valence-electron chi connectivity index (χ0n) is 15.5. The smallest absolute Gasteiger partial charge is 0.309 e. The van der Waals surface area contributed by atoms with Gasteiger partial charge in [0.1, 0.15) is 11.3 Å². The Morgan fingerprint density at radius 3 is 2.63 bits per heavy atom. The maximum Gasteiger partial charge on any atom is 0.309 e. The molecule has 3 heterocycles. The zero-order valence-corrected chi connectivity index (χ0v) is 15.5. The number of hydrogen-bond donors (Lipinski definition) is 1. The van der Waals surface area contributed by atoms with Crippen molar-refractivity contribution in [3.05, 3.63) is 36.1 Å². The maximum absolute atomic E-state index is 12.9. The van der Waals surface area contributed by atoms with Gasteiger partial charge in [-0.2, -0.15) is 0 Å². The Labute approximate surface area is 158 Å². The SMILES string of the molecule is CC(C(=O)N1CCC([C@@H]2OCCC2C(=O)O)CC1)c1cc2ccccc2o1. The highest BCUT2D eigenvalue weighted by Gasteiger charge is 2.41. The fraction of sp³-hybridized carbons (Fsp3) is 0.524. The van der Waals surface area contributed by atoms with E-state index in [0.717, 1.165) is 23.8 Å². The molecule has 0 radical (unpaired) electrons. The number of hydrogen-bond acceptors (Lipinski definition) is 4. The lowest BCUT2D eigenvalue weighted by Gasteiger charge is -2.36. The normalized spacial score (nSPS) is 25.0. The molecule has 0 spiro atoms. The second kappa shape index (κ2) is 7.35. The summed E-state index contributed by atoms with van der Waals surface area (Å²) >= 11 is 0. The van der Waals surface area contributed by atoms with Gasteiger partial charge in [-0.3, -0.25) is 9.59 Å². The van der Waals surface area contributed by atoms with Gasteiger partial charge in [0.2, 0.25) is 5.91 Å². The van der Waals surface area contributed by atoms with Crippen LogP contribution in [0.4, 0.5) is 0 Å². The molecule has 2 aromatic rings. The van der Waals surface area contributed by atoms with Crippen molar-refractivity contribution in [2.24, 2.45) is 11.8 Å². The predicted molar refractivity (Wildman–Crippen MR) is 99.4 cm³/mol. The first-order valence-corrected chi connectivity index (χ1v) is 9.66. The van der Waals surface area contributed by atoms with Crippen LogP contribution in [-0.2, 0) is 14.3 Å². The van der Waals surface area contributed by atoms with Crippen LogP contribution in [-0.4, -0.2) is 47.7 Å². The molecule has 0 saturated carbocycles. The molecule has 2 saturated heterocycles. The number of fused-ring (bicyclic) bond motifs is 1. The second-order valence-corrected chi connectivity index (χ2v) is 7.64. The number of carboxylic acid groups (broad SMARTS) is 1. The van der Waals surface area contributed by atoms with E-state index in [2.05, 4.69) is 0 Å². The molecule has 1 aromatic heterocycles. The number of likely N-dealkylation sites (tertiary alicyclic amines) is 1. The van der Waals surface area contributed by atoms with E-state index < -0.39 is 11.9 Å². The van der Waals surface area contributed by atoms with Crippen molar-refractivity contribution < 1.29 is 23.8 Å². The van der Waals surface area contributed by atoms with Crippen molar-refractivity contribution >= 4 is 22.8 Å². The van der Waals surface area contributed by atoms with Crippen LogP contribution in [0.1, 0.15) is 37.9 Å². The van der Waals surface area contributed by atoms with E-state index in [4.69, 9.17) is 9.15 Å². The van der Waals surface area contributed by atoms with Crippen LogP contribution in [0.25, 0.3) is 11.0 Å². The molecule has 1 N–H and O–H groups in total. The number of ether oxygens (including phenoxy) is 1. The maximum atomic E-state index is 12.9. The molecule has 3 atom stereocenters. The highest BCUT2D eigenvalue weighted by molar-refractivity contribution is 5.85. The summed E-state index contributed by atoms with van der Waals surface area (Å²) in [6.45, 7) is 3.68. The van der Waals surface area contributed by atoms with Gasteiger partial charge in [-0.15, -0.1) is 0 Å². The third kappa shape index (κ3) is 3.46. The van der Waals surface area contributed by atoms with Gasteiger partial charge >= 0.3 is 5.97 Å².